The molecule has 21 heteroatoms. The Kier molecular flexibility index (Phi) is 15.2. The van der Waals surface area contributed by atoms with Gasteiger partial charge in [0.2, 0.25) is 5.91 Å². The Morgan fingerprint density at radius 2 is 1.60 bits per heavy atom. The maximum Gasteiger partial charge on any atom is 0.289 e. The van der Waals surface area contributed by atoms with Gasteiger partial charge in [0.25, 0.3) is 12.1 Å². The van der Waals surface area contributed by atoms with Crippen molar-refractivity contribution < 1.29 is 18.9 Å². The number of ether oxygens (including phenoxy) is 1. The highest BCUT2D eigenvalue weighted by Crippen LogP contribution is 2.34. The van der Waals surface area contributed by atoms with Gasteiger partial charge in [-0.3, -0.25) is 14.5 Å². The van der Waals surface area contributed by atoms with E-state index in [1.807, 2.05) is 90.5 Å². The van der Waals surface area contributed by atoms with Gasteiger partial charge < -0.3 is 35.0 Å². The van der Waals surface area contributed by atoms with Crippen molar-refractivity contribution in [3.63, 3.8) is 0 Å². The van der Waals surface area contributed by atoms with Gasteiger partial charge in [-0.15, -0.1) is 11.3 Å². The summed E-state index contributed by atoms with van der Waals surface area (Å²) in [6.07, 6.45) is 12.1. The minimum atomic E-state index is -0.0455. The van der Waals surface area contributed by atoms with Crippen LogP contribution in [0.3, 0.4) is 0 Å². The molecule has 12 rings (SSSR count). The monoisotopic (exact) mass is 1110 g/mol. The van der Waals surface area contributed by atoms with E-state index >= 15 is 0 Å². The van der Waals surface area contributed by atoms with E-state index in [1.54, 1.807) is 34.6 Å². The van der Waals surface area contributed by atoms with Crippen molar-refractivity contribution in [2.75, 3.05) is 93.4 Å². The summed E-state index contributed by atoms with van der Waals surface area (Å²) in [7, 11) is 3.97. The summed E-state index contributed by atoms with van der Waals surface area (Å²) >= 11 is 1.58. The first kappa shape index (κ1) is 53.3. The molecule has 1 unspecified atom stereocenters. The summed E-state index contributed by atoms with van der Waals surface area (Å²) < 4.78 is 11.7. The number of aromatic nitrogens is 10. The first-order valence-corrected chi connectivity index (χ1v) is 28.2. The van der Waals surface area contributed by atoms with Crippen LogP contribution in [0, 0.1) is 6.92 Å². The summed E-state index contributed by atoms with van der Waals surface area (Å²) in [5, 5.41) is 11.5. The van der Waals surface area contributed by atoms with Gasteiger partial charge >= 0.3 is 0 Å². The molecule has 2 saturated heterocycles. The number of pyridine rings is 3. The van der Waals surface area contributed by atoms with Crippen LogP contribution in [0.2, 0.25) is 0 Å². The third-order valence-electron chi connectivity index (χ3n) is 15.0. The van der Waals surface area contributed by atoms with Crippen molar-refractivity contribution in [3.8, 4) is 11.5 Å². The molecule has 20 nitrogen and oxygen atoms in total. The number of nitrogens with one attached hydrogen (secondary N) is 2. The number of carbonyl (C=O) groups is 2. The zero-order valence-corrected chi connectivity index (χ0v) is 47.0. The fourth-order valence-electron chi connectivity index (χ4n) is 10.6. The van der Waals surface area contributed by atoms with Crippen LogP contribution in [0.25, 0.3) is 37.9 Å². The largest absolute Gasteiger partial charge is 0.457 e. The number of nitrogens with zero attached hydrogens (tertiary/aromatic N) is 15. The van der Waals surface area contributed by atoms with Crippen LogP contribution >= 0.6 is 11.3 Å². The molecule has 7 aromatic heterocycles. The summed E-state index contributed by atoms with van der Waals surface area (Å²) in [5.41, 5.74) is 12.9. The lowest BCUT2D eigenvalue weighted by Crippen LogP contribution is -2.54. The Balaban J connectivity index is 0.876. The molecule has 3 aromatic carbocycles. The number of fused-ring (bicyclic) bond motifs is 4. The zero-order valence-electron chi connectivity index (χ0n) is 46.2. The highest BCUT2D eigenvalue weighted by Gasteiger charge is 2.29. The number of aryl methyl sites for hydroxylation is 1. The third-order valence-corrected chi connectivity index (χ3v) is 15.8. The molecule has 0 radical (unpaired) electrons. The first-order chi connectivity index (χ1) is 40.0. The second-order valence-electron chi connectivity index (χ2n) is 21.1. The minimum absolute atomic E-state index is 0.0129. The van der Waals surface area contributed by atoms with Crippen LogP contribution in [-0.4, -0.2) is 150 Å². The second kappa shape index (κ2) is 23.4. The molecule has 2 aliphatic heterocycles. The lowest BCUT2D eigenvalue weighted by atomic mass is 10.0. The van der Waals surface area contributed by atoms with Crippen LogP contribution in [0.1, 0.15) is 29.2 Å². The molecule has 0 aliphatic carbocycles. The predicted octanol–water partition coefficient (Wildman–Crippen LogP) is 8.17. The summed E-state index contributed by atoms with van der Waals surface area (Å²) in [6, 6.07) is 30.6. The molecule has 10 aromatic rings. The lowest BCUT2D eigenvalue weighted by Gasteiger charge is -2.40. The van der Waals surface area contributed by atoms with Crippen LogP contribution in [0.5, 0.6) is 11.5 Å². The van der Waals surface area contributed by atoms with Gasteiger partial charge in [-0.05, 0) is 140 Å². The standard InChI is InChI=1S/C61H61N17O3S/c1-40(35-79)32-73-21-23-74(24-22-73)54-16-12-49-58(70-54)60(64-36-62-49)69-47-10-14-52(81-48-11-15-53-50(31-48)66-39-82-53)45(30-47)34-76-38-65-61(68-46-9-8-44(41(2)27-46)28-43-18-20-78-56(29-43)63-37-67-78)59-51(76)13-17-55(71-59)75-25-26-77(42(3)33-75)57(80)7-6-19-72(4)5/h6-18,20,27,29-31,35-39,42H,1,19,21-26,28,32-34H2,2-5H3,(H,62,64,69)/p+1/b7-6+. The average Bonchev–Trinajstić information content (AvgIpc) is 4.23. The Labute approximate surface area is 478 Å². The normalized spacial score (nSPS) is 15.1. The molecule has 0 saturated carbocycles. The van der Waals surface area contributed by atoms with Crippen LogP contribution in [0.4, 0.5) is 34.6 Å². The Bertz CT molecular complexity index is 4060. The van der Waals surface area contributed by atoms with Crippen molar-refractivity contribution in [2.24, 2.45) is 0 Å². The summed E-state index contributed by atoms with van der Waals surface area (Å²) in [6.45, 7) is 14.5. The number of likely N-dealkylation sites (N-methyl/N-ethyl adjacent to an activating group) is 1. The fraction of sp³-hybridized carbons (Fsp3) is 0.262. The molecule has 0 bridgehead atoms. The molecule has 9 heterocycles. The van der Waals surface area contributed by atoms with E-state index < -0.39 is 0 Å². The molecule has 2 N–H and O–H groups in total. The summed E-state index contributed by atoms with van der Waals surface area (Å²) in [5.74, 6) is 4.09. The van der Waals surface area contributed by atoms with E-state index in [-0.39, 0.29) is 11.9 Å². The Morgan fingerprint density at radius 3 is 2.43 bits per heavy atom. The lowest BCUT2D eigenvalue weighted by molar-refractivity contribution is -0.665. The average molecular weight is 1110 g/mol. The van der Waals surface area contributed by atoms with E-state index in [9.17, 15) is 9.59 Å². The molecular weight excluding hydrogens is 1050 g/mol. The number of carbonyl (C=O) groups excluding carboxylic acids is 2. The predicted molar refractivity (Wildman–Crippen MR) is 321 cm³/mol. The summed E-state index contributed by atoms with van der Waals surface area (Å²) in [4.78, 5) is 69.2. The smallest absolute Gasteiger partial charge is 0.289 e. The maximum atomic E-state index is 13.4. The molecule has 2 fully saturated rings. The van der Waals surface area contributed by atoms with Gasteiger partial charge in [0.15, 0.2) is 22.5 Å². The third kappa shape index (κ3) is 11.8. The Hall–Kier alpha value is -9.31. The number of benzene rings is 3. The molecule has 1 amide bonds. The van der Waals surface area contributed by atoms with Gasteiger partial charge in [0.1, 0.15) is 54.1 Å². The van der Waals surface area contributed by atoms with E-state index in [4.69, 9.17) is 24.7 Å². The number of rotatable bonds is 18. The number of anilines is 6. The van der Waals surface area contributed by atoms with Crippen molar-refractivity contribution in [3.05, 3.63) is 168 Å². The van der Waals surface area contributed by atoms with E-state index in [1.165, 1.54) is 5.56 Å². The number of hydrogen-bond donors (Lipinski definition) is 2. The zero-order chi connectivity index (χ0) is 56.3. The molecule has 414 valence electrons. The molecular formula is C61H62N17O3S+. The van der Waals surface area contributed by atoms with Crippen LogP contribution < -0.4 is 29.7 Å². The van der Waals surface area contributed by atoms with E-state index in [2.05, 4.69) is 119 Å². The van der Waals surface area contributed by atoms with Crippen LogP contribution in [-0.2, 0) is 22.6 Å². The molecule has 1 atom stereocenters. The van der Waals surface area contributed by atoms with Crippen molar-refractivity contribution >= 4 is 96.1 Å². The highest BCUT2D eigenvalue weighted by atomic mass is 32.1. The van der Waals surface area contributed by atoms with Crippen molar-refractivity contribution in [1.82, 2.24) is 59.2 Å². The van der Waals surface area contributed by atoms with E-state index in [0.29, 0.717) is 84.5 Å². The minimum Gasteiger partial charge on any atom is -0.457 e. The number of aldehydes is 1. The van der Waals surface area contributed by atoms with Crippen molar-refractivity contribution in [1.29, 1.82) is 0 Å². The SMILES string of the molecule is C=C(C=O)CN1CCN(c2ccc3ncnc(Nc4ccc(Oc5ccc6scnc6c5)c(C[n+]5cnc(Nc6ccc(Cc7ccn8ncnc8c7)c(C)c6)c6nc(N7CCN(C(=O)/C=C/CN(C)C)C(C)C7)ccc65)c4)c3n2)CC1. The molecule has 82 heavy (non-hydrogen) atoms. The van der Waals surface area contributed by atoms with Crippen LogP contribution in [0.15, 0.2) is 146 Å². The number of piperazine rings is 2. The van der Waals surface area contributed by atoms with Gasteiger partial charge in [-0.25, -0.2) is 39.0 Å². The maximum absolute atomic E-state index is 13.4. The van der Waals surface area contributed by atoms with Gasteiger partial charge in [-0.1, -0.05) is 18.7 Å². The molecule has 2 aliphatic rings. The number of hydrogen-bond acceptors (Lipinski definition) is 18. The topological polar surface area (TPSA) is 195 Å². The molecule has 0 spiro atoms. The quantitative estimate of drug-likeness (QED) is 0.0474. The number of amides is 1. The first-order valence-electron chi connectivity index (χ1n) is 27.3. The number of thiazole rings is 1. The Morgan fingerprint density at radius 1 is 0.805 bits per heavy atom. The van der Waals surface area contributed by atoms with Gasteiger partial charge in [0, 0.05) is 100 Å². The second-order valence-corrected chi connectivity index (χ2v) is 22.0. The fourth-order valence-corrected chi connectivity index (χ4v) is 11.3. The van der Waals surface area contributed by atoms with E-state index in [0.717, 1.165) is 100.0 Å². The highest BCUT2D eigenvalue weighted by molar-refractivity contribution is 7.16. The van der Waals surface area contributed by atoms with Gasteiger partial charge in [0.05, 0.1) is 21.2 Å². The van der Waals surface area contributed by atoms with Gasteiger partial charge in [-0.2, -0.15) is 5.10 Å². The van der Waals surface area contributed by atoms with Crippen molar-refractivity contribution in [2.45, 2.75) is 32.9 Å².